The number of pyridine rings is 1. The quantitative estimate of drug-likeness (QED) is 0.405. The van der Waals surface area contributed by atoms with Crippen LogP contribution in [0.3, 0.4) is 0 Å². The highest BCUT2D eigenvalue weighted by atomic mass is 14.9. The zero-order valence-corrected chi connectivity index (χ0v) is 9.57. The molecule has 94 valence electrons. The second-order valence-electron chi connectivity index (χ2n) is 4.22. The van der Waals surface area contributed by atoms with Crippen LogP contribution < -0.4 is 4.57 Å². The van der Waals surface area contributed by atoms with E-state index in [9.17, 15) is 0 Å². The molecule has 0 bridgehead atoms. The summed E-state index contributed by atoms with van der Waals surface area (Å²) in [6.07, 6.45) is 0. The lowest BCUT2D eigenvalue weighted by Crippen LogP contribution is -2.30. The molecular formula is C17H22N+. The summed E-state index contributed by atoms with van der Waals surface area (Å²) in [7, 11) is 2.13. The molecule has 0 amide bonds. The second kappa shape index (κ2) is 5.18. The van der Waals surface area contributed by atoms with Crippen LogP contribution in [0.4, 0.5) is 0 Å². The third kappa shape index (κ3) is 1.86. The first-order valence-electron chi connectivity index (χ1n) is 5.55. The molecule has 0 fully saturated rings. The van der Waals surface area contributed by atoms with Crippen LogP contribution in [0.2, 0.25) is 0 Å². The fourth-order valence-electron chi connectivity index (χ4n) is 2.44. The van der Waals surface area contributed by atoms with E-state index in [-0.39, 0.29) is 14.9 Å². The number of benzene rings is 2. The summed E-state index contributed by atoms with van der Waals surface area (Å²) >= 11 is 0. The van der Waals surface area contributed by atoms with Gasteiger partial charge in [0.2, 0.25) is 11.0 Å². The van der Waals surface area contributed by atoms with E-state index in [0.29, 0.717) is 0 Å². The fraction of sp³-hybridized carbons (Fsp3) is 0.235. The molecule has 1 nitrogen and oxygen atoms in total. The van der Waals surface area contributed by atoms with Gasteiger partial charge in [-0.25, -0.2) is 0 Å². The Morgan fingerprint density at radius 3 is 1.56 bits per heavy atom. The molecule has 0 spiro atoms. The largest absolute Gasteiger partial charge is 0.213 e. The smallest absolute Gasteiger partial charge is 0.194 e. The number of nitrogens with zero attached hydrogens (tertiary/aromatic N) is 1. The van der Waals surface area contributed by atoms with Crippen LogP contribution in [-0.4, -0.2) is 0 Å². The summed E-state index contributed by atoms with van der Waals surface area (Å²) in [4.78, 5) is 0. The average molecular weight is 240 g/mol. The first kappa shape index (κ1) is 14.2. The van der Waals surface area contributed by atoms with Crippen molar-refractivity contribution in [3.8, 4) is 0 Å². The molecule has 0 N–H and O–H groups in total. The van der Waals surface area contributed by atoms with Crippen LogP contribution in [0.25, 0.3) is 21.8 Å². The molecule has 0 atom stereocenters. The van der Waals surface area contributed by atoms with E-state index >= 15 is 0 Å². The van der Waals surface area contributed by atoms with Crippen LogP contribution in [0.15, 0.2) is 48.5 Å². The summed E-state index contributed by atoms with van der Waals surface area (Å²) in [5, 5.41) is 2.67. The van der Waals surface area contributed by atoms with Gasteiger partial charge in [-0.05, 0) is 24.6 Å². The van der Waals surface area contributed by atoms with Gasteiger partial charge < -0.3 is 0 Å². The van der Waals surface area contributed by atoms with Gasteiger partial charge in [-0.1, -0.05) is 39.1 Å². The lowest BCUT2D eigenvalue weighted by atomic mass is 10.0. The van der Waals surface area contributed by atoms with Gasteiger partial charge in [0.25, 0.3) is 0 Å². The minimum absolute atomic E-state index is 0. The summed E-state index contributed by atoms with van der Waals surface area (Å²) in [6, 6.07) is 17.1. The van der Waals surface area contributed by atoms with Crippen LogP contribution in [0.1, 0.15) is 20.4 Å². The van der Waals surface area contributed by atoms with E-state index in [1.54, 1.807) is 0 Å². The maximum atomic E-state index is 2.26. The standard InChI is InChI=1S/C15H14N.2CH4/c1-11-12-7-3-5-9-14(12)16(2)15-10-6-4-8-13(11)15;;/h3-10H,1-2H3;2*1H4/q+1;;. The number of hydrogen-bond acceptors (Lipinski definition) is 0. The monoisotopic (exact) mass is 240 g/mol. The van der Waals surface area contributed by atoms with Crippen molar-refractivity contribution in [2.24, 2.45) is 7.05 Å². The molecule has 2 aromatic carbocycles. The minimum atomic E-state index is 0. The highest BCUT2D eigenvalue weighted by Gasteiger charge is 2.13. The average Bonchev–Trinajstić information content (AvgIpc) is 2.36. The molecule has 0 radical (unpaired) electrons. The number of aromatic nitrogens is 1. The molecule has 1 heterocycles. The molecule has 3 aromatic rings. The second-order valence-corrected chi connectivity index (χ2v) is 4.22. The molecule has 0 saturated carbocycles. The molecule has 3 rings (SSSR count). The maximum Gasteiger partial charge on any atom is 0.213 e. The first-order valence-corrected chi connectivity index (χ1v) is 5.55. The topological polar surface area (TPSA) is 3.88 Å². The molecule has 18 heavy (non-hydrogen) atoms. The highest BCUT2D eigenvalue weighted by molar-refractivity contribution is 5.93. The zero-order valence-electron chi connectivity index (χ0n) is 9.57. The van der Waals surface area contributed by atoms with Gasteiger partial charge in [0.05, 0.1) is 0 Å². The van der Waals surface area contributed by atoms with Gasteiger partial charge >= 0.3 is 0 Å². The Morgan fingerprint density at radius 1 is 0.722 bits per heavy atom. The van der Waals surface area contributed by atoms with Crippen molar-refractivity contribution in [3.63, 3.8) is 0 Å². The lowest BCUT2D eigenvalue weighted by Gasteiger charge is -2.05. The predicted octanol–water partition coefficient (Wildman–Crippen LogP) is 4.40. The summed E-state index contributed by atoms with van der Waals surface area (Å²) in [6.45, 7) is 2.20. The molecule has 0 saturated heterocycles. The van der Waals surface area contributed by atoms with Crippen molar-refractivity contribution in [1.82, 2.24) is 0 Å². The third-order valence-electron chi connectivity index (χ3n) is 3.34. The fourth-order valence-corrected chi connectivity index (χ4v) is 2.44. The van der Waals surface area contributed by atoms with Crippen molar-refractivity contribution in [3.05, 3.63) is 54.1 Å². The molecule has 1 heteroatoms. The third-order valence-corrected chi connectivity index (χ3v) is 3.34. The Labute approximate surface area is 110 Å². The minimum Gasteiger partial charge on any atom is -0.194 e. The molecule has 0 aliphatic heterocycles. The van der Waals surface area contributed by atoms with Gasteiger partial charge in [-0.15, -0.1) is 0 Å². The van der Waals surface area contributed by atoms with E-state index < -0.39 is 0 Å². The van der Waals surface area contributed by atoms with E-state index in [4.69, 9.17) is 0 Å². The summed E-state index contributed by atoms with van der Waals surface area (Å²) in [5.41, 5.74) is 3.95. The van der Waals surface area contributed by atoms with Crippen molar-refractivity contribution in [2.75, 3.05) is 0 Å². The molecule has 0 unspecified atom stereocenters. The molecule has 0 aliphatic carbocycles. The van der Waals surface area contributed by atoms with Crippen molar-refractivity contribution in [1.29, 1.82) is 0 Å². The first-order chi connectivity index (χ1) is 7.79. The Kier molecular flexibility index (Phi) is 4.07. The van der Waals surface area contributed by atoms with Crippen molar-refractivity contribution >= 4 is 21.8 Å². The predicted molar refractivity (Wildman–Crippen MR) is 80.8 cm³/mol. The number of fused-ring (bicyclic) bond motifs is 2. The van der Waals surface area contributed by atoms with Crippen LogP contribution in [0.5, 0.6) is 0 Å². The summed E-state index contributed by atoms with van der Waals surface area (Å²) < 4.78 is 2.26. The van der Waals surface area contributed by atoms with E-state index in [2.05, 4.69) is 67.1 Å². The SMILES string of the molecule is C.C.Cc1c2ccccc2[n+](C)c2ccccc12. The number of hydrogen-bond donors (Lipinski definition) is 0. The van der Waals surface area contributed by atoms with Gasteiger partial charge in [0, 0.05) is 22.9 Å². The molecule has 1 aromatic heterocycles. The highest BCUT2D eigenvalue weighted by Crippen LogP contribution is 2.22. The van der Waals surface area contributed by atoms with Crippen LogP contribution >= 0.6 is 0 Å². The Morgan fingerprint density at radius 2 is 1.11 bits per heavy atom. The summed E-state index contributed by atoms with van der Waals surface area (Å²) in [5.74, 6) is 0. The van der Waals surface area contributed by atoms with E-state index in [1.165, 1.54) is 27.4 Å². The van der Waals surface area contributed by atoms with E-state index in [1.807, 2.05) is 0 Å². The Balaban J connectivity index is 0.000000810. The lowest BCUT2D eigenvalue weighted by molar-refractivity contribution is -0.617. The van der Waals surface area contributed by atoms with E-state index in [0.717, 1.165) is 0 Å². The van der Waals surface area contributed by atoms with Crippen LogP contribution in [0, 0.1) is 6.92 Å². The van der Waals surface area contributed by atoms with Crippen molar-refractivity contribution in [2.45, 2.75) is 21.8 Å². The number of rotatable bonds is 0. The molecular weight excluding hydrogens is 218 g/mol. The zero-order chi connectivity index (χ0) is 11.1. The maximum absolute atomic E-state index is 2.26. The van der Waals surface area contributed by atoms with Gasteiger partial charge in [0.1, 0.15) is 7.05 Å². The Bertz CT molecular complexity index is 567. The molecule has 0 aliphatic rings. The van der Waals surface area contributed by atoms with Crippen molar-refractivity contribution < 1.29 is 4.57 Å². The van der Waals surface area contributed by atoms with Gasteiger partial charge in [0.15, 0.2) is 0 Å². The van der Waals surface area contributed by atoms with Gasteiger partial charge in [-0.2, -0.15) is 4.57 Å². The normalized spacial score (nSPS) is 9.89. The Hall–Kier alpha value is -1.89. The number of para-hydroxylation sites is 2. The van der Waals surface area contributed by atoms with Crippen LogP contribution in [-0.2, 0) is 7.05 Å². The number of aryl methyl sites for hydroxylation is 2. The van der Waals surface area contributed by atoms with Gasteiger partial charge in [-0.3, -0.25) is 0 Å².